The van der Waals surface area contributed by atoms with E-state index in [1.807, 2.05) is 6.20 Å². The van der Waals surface area contributed by atoms with E-state index in [0.29, 0.717) is 10.7 Å². The number of benzene rings is 1. The molecule has 1 heterocycles. The number of nitrogens with one attached hydrogen (secondary N) is 1. The second-order valence-corrected chi connectivity index (χ2v) is 4.85. The molecule has 2 aromatic rings. The first-order valence-electron chi connectivity index (χ1n) is 4.75. The lowest BCUT2D eigenvalue weighted by molar-refractivity contribution is 0.641. The van der Waals surface area contributed by atoms with Crippen molar-refractivity contribution in [1.29, 1.82) is 0 Å². The molecule has 0 fully saturated rings. The summed E-state index contributed by atoms with van der Waals surface area (Å²) in [4.78, 5) is 0.418. The molecule has 1 atom stereocenters. The molecule has 0 amide bonds. The molecule has 0 spiro atoms. The lowest BCUT2D eigenvalue weighted by Crippen LogP contribution is -1.97. The standard InChI is InChI=1S/C11H13BrN2/c1-7(2)11(12)8-3-4-10-9(5-8)6-13-14-10/h3-7,11H,1-2H3,(H,13,14). The maximum atomic E-state index is 4.01. The maximum Gasteiger partial charge on any atom is 0.0650 e. The van der Waals surface area contributed by atoms with Crippen LogP contribution in [-0.2, 0) is 0 Å². The van der Waals surface area contributed by atoms with Crippen molar-refractivity contribution >= 4 is 26.8 Å². The molecule has 14 heavy (non-hydrogen) atoms. The van der Waals surface area contributed by atoms with Crippen LogP contribution in [0.1, 0.15) is 24.2 Å². The first kappa shape index (κ1) is 9.71. The second-order valence-electron chi connectivity index (χ2n) is 3.86. The third-order valence-electron chi connectivity index (χ3n) is 2.37. The summed E-state index contributed by atoms with van der Waals surface area (Å²) in [5.74, 6) is 0.597. The van der Waals surface area contributed by atoms with Crippen molar-refractivity contribution in [2.45, 2.75) is 18.7 Å². The van der Waals surface area contributed by atoms with Crippen LogP contribution in [0.4, 0.5) is 0 Å². The number of nitrogens with zero attached hydrogens (tertiary/aromatic N) is 1. The zero-order valence-electron chi connectivity index (χ0n) is 8.29. The molecule has 0 aliphatic heterocycles. The Bertz CT molecular complexity index is 434. The van der Waals surface area contributed by atoms with Gasteiger partial charge in [-0.2, -0.15) is 5.10 Å². The van der Waals surface area contributed by atoms with E-state index >= 15 is 0 Å². The number of rotatable bonds is 2. The minimum Gasteiger partial charge on any atom is -0.278 e. The van der Waals surface area contributed by atoms with Crippen molar-refractivity contribution in [3.63, 3.8) is 0 Å². The number of aromatic amines is 1. The van der Waals surface area contributed by atoms with Gasteiger partial charge >= 0.3 is 0 Å². The van der Waals surface area contributed by atoms with E-state index in [2.05, 4.69) is 58.2 Å². The van der Waals surface area contributed by atoms with E-state index in [1.165, 1.54) is 10.9 Å². The number of H-pyrrole nitrogens is 1. The monoisotopic (exact) mass is 252 g/mol. The molecule has 2 rings (SSSR count). The van der Waals surface area contributed by atoms with Gasteiger partial charge in [0.05, 0.1) is 11.7 Å². The average molecular weight is 253 g/mol. The number of alkyl halides is 1. The Morgan fingerprint density at radius 1 is 1.36 bits per heavy atom. The van der Waals surface area contributed by atoms with Gasteiger partial charge in [-0.15, -0.1) is 0 Å². The summed E-state index contributed by atoms with van der Waals surface area (Å²) >= 11 is 3.69. The van der Waals surface area contributed by atoms with Crippen LogP contribution in [-0.4, -0.2) is 10.2 Å². The number of hydrogen-bond donors (Lipinski definition) is 1. The third-order valence-corrected chi connectivity index (χ3v) is 3.95. The van der Waals surface area contributed by atoms with Gasteiger partial charge in [0.15, 0.2) is 0 Å². The highest BCUT2D eigenvalue weighted by Gasteiger charge is 2.12. The van der Waals surface area contributed by atoms with Crippen LogP contribution in [0.3, 0.4) is 0 Å². The van der Waals surface area contributed by atoms with E-state index in [4.69, 9.17) is 0 Å². The summed E-state index contributed by atoms with van der Waals surface area (Å²) in [6, 6.07) is 6.40. The zero-order valence-corrected chi connectivity index (χ0v) is 9.88. The minimum atomic E-state index is 0.418. The summed E-state index contributed by atoms with van der Waals surface area (Å²) in [6.45, 7) is 4.41. The van der Waals surface area contributed by atoms with Gasteiger partial charge in [0.1, 0.15) is 0 Å². The van der Waals surface area contributed by atoms with E-state index in [-0.39, 0.29) is 0 Å². The van der Waals surface area contributed by atoms with Crippen LogP contribution in [0.2, 0.25) is 0 Å². The molecule has 0 aliphatic carbocycles. The Hall–Kier alpha value is -0.830. The molecule has 1 aromatic carbocycles. The van der Waals surface area contributed by atoms with Crippen LogP contribution in [0.5, 0.6) is 0 Å². The van der Waals surface area contributed by atoms with Crippen molar-refractivity contribution < 1.29 is 0 Å². The second kappa shape index (κ2) is 3.73. The van der Waals surface area contributed by atoms with Crippen LogP contribution in [0.25, 0.3) is 10.9 Å². The Labute approximate surface area is 91.8 Å². The van der Waals surface area contributed by atoms with Crippen LogP contribution < -0.4 is 0 Å². The van der Waals surface area contributed by atoms with Crippen molar-refractivity contribution in [1.82, 2.24) is 10.2 Å². The Balaban J connectivity index is 2.43. The van der Waals surface area contributed by atoms with Gasteiger partial charge in [-0.3, -0.25) is 5.10 Å². The molecule has 0 radical (unpaired) electrons. The average Bonchev–Trinajstić information content (AvgIpc) is 2.62. The maximum absolute atomic E-state index is 4.01. The fraction of sp³-hybridized carbons (Fsp3) is 0.364. The zero-order chi connectivity index (χ0) is 10.1. The lowest BCUT2D eigenvalue weighted by atomic mass is 10.0. The quantitative estimate of drug-likeness (QED) is 0.813. The number of aromatic nitrogens is 2. The minimum absolute atomic E-state index is 0.418. The molecule has 1 N–H and O–H groups in total. The molecule has 0 bridgehead atoms. The van der Waals surface area contributed by atoms with Gasteiger partial charge in [0, 0.05) is 10.2 Å². The fourth-order valence-corrected chi connectivity index (χ4v) is 1.80. The lowest BCUT2D eigenvalue weighted by Gasteiger charge is -2.13. The molecule has 1 aromatic heterocycles. The molecule has 0 saturated heterocycles. The molecule has 2 nitrogen and oxygen atoms in total. The molecule has 74 valence electrons. The normalized spacial score (nSPS) is 13.7. The topological polar surface area (TPSA) is 28.7 Å². The third kappa shape index (κ3) is 1.69. The van der Waals surface area contributed by atoms with Crippen molar-refractivity contribution in [2.75, 3.05) is 0 Å². The Morgan fingerprint density at radius 3 is 2.86 bits per heavy atom. The highest BCUT2D eigenvalue weighted by atomic mass is 79.9. The molecular formula is C11H13BrN2. The first-order valence-corrected chi connectivity index (χ1v) is 5.67. The molecule has 3 heteroatoms. The van der Waals surface area contributed by atoms with Gasteiger partial charge in [-0.25, -0.2) is 0 Å². The summed E-state index contributed by atoms with van der Waals surface area (Å²) in [5, 5.41) is 8.13. The Morgan fingerprint density at radius 2 is 2.14 bits per heavy atom. The smallest absolute Gasteiger partial charge is 0.0650 e. The first-order chi connectivity index (χ1) is 6.68. The van der Waals surface area contributed by atoms with E-state index in [9.17, 15) is 0 Å². The van der Waals surface area contributed by atoms with Gasteiger partial charge in [-0.05, 0) is 23.6 Å². The van der Waals surface area contributed by atoms with Crippen molar-refractivity contribution in [3.05, 3.63) is 30.0 Å². The predicted octanol–water partition coefficient (Wildman–Crippen LogP) is 3.65. The van der Waals surface area contributed by atoms with Gasteiger partial charge < -0.3 is 0 Å². The summed E-state index contributed by atoms with van der Waals surface area (Å²) in [7, 11) is 0. The van der Waals surface area contributed by atoms with Gasteiger partial charge in [0.2, 0.25) is 0 Å². The number of hydrogen-bond acceptors (Lipinski definition) is 1. The highest BCUT2D eigenvalue weighted by molar-refractivity contribution is 9.09. The van der Waals surface area contributed by atoms with E-state index in [1.54, 1.807) is 0 Å². The molecule has 0 aliphatic rings. The number of fused-ring (bicyclic) bond motifs is 1. The SMILES string of the molecule is CC(C)C(Br)c1ccc2[nH]ncc2c1. The van der Waals surface area contributed by atoms with Crippen molar-refractivity contribution in [3.8, 4) is 0 Å². The largest absolute Gasteiger partial charge is 0.278 e. The summed E-state index contributed by atoms with van der Waals surface area (Å²) < 4.78 is 0. The van der Waals surface area contributed by atoms with Crippen LogP contribution >= 0.6 is 15.9 Å². The summed E-state index contributed by atoms with van der Waals surface area (Å²) in [6.07, 6.45) is 1.86. The van der Waals surface area contributed by atoms with Crippen LogP contribution in [0.15, 0.2) is 24.4 Å². The molecule has 0 saturated carbocycles. The highest BCUT2D eigenvalue weighted by Crippen LogP contribution is 2.31. The Kier molecular flexibility index (Phi) is 2.59. The van der Waals surface area contributed by atoms with Crippen LogP contribution in [0, 0.1) is 5.92 Å². The van der Waals surface area contributed by atoms with Gasteiger partial charge in [0.25, 0.3) is 0 Å². The molecule has 1 unspecified atom stereocenters. The van der Waals surface area contributed by atoms with E-state index < -0.39 is 0 Å². The number of halogens is 1. The fourth-order valence-electron chi connectivity index (χ4n) is 1.52. The molecular weight excluding hydrogens is 240 g/mol. The van der Waals surface area contributed by atoms with Gasteiger partial charge in [-0.1, -0.05) is 35.8 Å². The predicted molar refractivity (Wildman–Crippen MR) is 62.6 cm³/mol. The van der Waals surface area contributed by atoms with E-state index in [0.717, 1.165) is 5.52 Å². The van der Waals surface area contributed by atoms with Crippen molar-refractivity contribution in [2.24, 2.45) is 5.92 Å². The summed E-state index contributed by atoms with van der Waals surface area (Å²) in [5.41, 5.74) is 2.41.